The van der Waals surface area contributed by atoms with E-state index < -0.39 is 31.0 Å². The molecule has 0 spiro atoms. The molecule has 6 heteroatoms. The van der Waals surface area contributed by atoms with E-state index in [1.807, 2.05) is 0 Å². The number of hydrogen-bond acceptors (Lipinski definition) is 5. The zero-order valence-corrected chi connectivity index (χ0v) is 5.51. The van der Waals surface area contributed by atoms with Crippen LogP contribution in [0.2, 0.25) is 0 Å². The van der Waals surface area contributed by atoms with Gasteiger partial charge in [-0.15, -0.1) is 0 Å². The molecular weight excluding hydrogens is 159 g/mol. The Bertz CT molecular complexity index is 137. The van der Waals surface area contributed by atoms with Gasteiger partial charge in [-0.05, 0) is 0 Å². The molecule has 0 fully saturated rings. The quantitative estimate of drug-likeness (QED) is 0.349. The first kappa shape index (κ1) is 10.4. The molecule has 0 aliphatic rings. The van der Waals surface area contributed by atoms with Crippen LogP contribution in [0, 0.1) is 0 Å². The Morgan fingerprint density at radius 1 is 1.55 bits per heavy atom. The average molecular weight is 168 g/mol. The Morgan fingerprint density at radius 2 is 2.00 bits per heavy atom. The Morgan fingerprint density at radius 3 is 2.27 bits per heavy atom. The van der Waals surface area contributed by atoms with Crippen molar-refractivity contribution in [3.63, 3.8) is 0 Å². The molecule has 0 saturated carbocycles. The van der Waals surface area contributed by atoms with E-state index in [1.54, 1.807) is 0 Å². The van der Waals surface area contributed by atoms with E-state index >= 15 is 0 Å². The van der Waals surface area contributed by atoms with Crippen LogP contribution in [0.5, 0.6) is 0 Å². The maximum atomic E-state index is 12.3. The van der Waals surface area contributed by atoms with Gasteiger partial charge >= 0.3 is 0 Å². The number of rotatable bonds is 4. The van der Waals surface area contributed by atoms with Crippen molar-refractivity contribution in [3.05, 3.63) is 0 Å². The number of halogens is 1. The third kappa shape index (κ3) is 2.51. The van der Waals surface area contributed by atoms with Crippen LogP contribution in [0.4, 0.5) is 4.39 Å². The number of hydrogen-bond donors (Lipinski definition) is 4. The molecule has 4 N–H and O–H groups in total. The molecule has 0 unspecified atom stereocenters. The van der Waals surface area contributed by atoms with Gasteiger partial charge in [-0.2, -0.15) is 0 Å². The molecule has 0 aliphatic carbocycles. The van der Waals surface area contributed by atoms with E-state index in [4.69, 9.17) is 20.4 Å². The highest BCUT2D eigenvalue weighted by Gasteiger charge is 2.39. The molecule has 0 heterocycles. The van der Waals surface area contributed by atoms with Gasteiger partial charge in [-0.25, -0.2) is 4.39 Å². The van der Waals surface area contributed by atoms with E-state index in [0.717, 1.165) is 0 Å². The van der Waals surface area contributed by atoms with Crippen LogP contribution in [0.15, 0.2) is 0 Å². The maximum Gasteiger partial charge on any atom is 0.291 e. The fourth-order valence-electron chi connectivity index (χ4n) is 0.439. The lowest BCUT2D eigenvalue weighted by atomic mass is 10.1. The molecular formula is C5H9FO5. The SMILES string of the molecule is O=C[C@](O)(F)[C@H](O)[C@H](O)CO. The molecule has 5 nitrogen and oxygen atoms in total. The van der Waals surface area contributed by atoms with Gasteiger partial charge in [0, 0.05) is 0 Å². The Labute approximate surface area is 61.7 Å². The predicted octanol–water partition coefficient (Wildman–Crippen LogP) is -2.44. The van der Waals surface area contributed by atoms with E-state index in [1.165, 1.54) is 0 Å². The lowest BCUT2D eigenvalue weighted by molar-refractivity contribution is -0.195. The summed E-state index contributed by atoms with van der Waals surface area (Å²) in [5.74, 6) is -3.51. The summed E-state index contributed by atoms with van der Waals surface area (Å²) in [6.45, 7) is -0.943. The van der Waals surface area contributed by atoms with Crippen LogP contribution in [0.3, 0.4) is 0 Å². The number of aldehydes is 1. The van der Waals surface area contributed by atoms with E-state index in [2.05, 4.69) is 0 Å². The summed E-state index contributed by atoms with van der Waals surface area (Å²) in [7, 11) is 0. The molecule has 0 rings (SSSR count). The number of carbonyl (C=O) groups excluding carboxylic acids is 1. The van der Waals surface area contributed by atoms with Crippen molar-refractivity contribution in [2.45, 2.75) is 18.1 Å². The number of aliphatic hydroxyl groups is 4. The Hall–Kier alpha value is -0.560. The minimum atomic E-state index is -3.51. The minimum absolute atomic E-state index is 0.559. The van der Waals surface area contributed by atoms with E-state index in [-0.39, 0.29) is 0 Å². The Balaban J connectivity index is 4.21. The topological polar surface area (TPSA) is 98.0 Å². The lowest BCUT2D eigenvalue weighted by Gasteiger charge is -2.22. The second kappa shape index (κ2) is 3.72. The summed E-state index contributed by atoms with van der Waals surface area (Å²) in [4.78, 5) is 9.71. The first-order chi connectivity index (χ1) is 4.95. The van der Waals surface area contributed by atoms with Crippen molar-refractivity contribution in [1.82, 2.24) is 0 Å². The summed E-state index contributed by atoms with van der Waals surface area (Å²) >= 11 is 0. The lowest BCUT2D eigenvalue weighted by Crippen LogP contribution is -2.48. The summed E-state index contributed by atoms with van der Waals surface area (Å²) in [6.07, 6.45) is -4.77. The van der Waals surface area contributed by atoms with Gasteiger partial charge in [0.25, 0.3) is 5.85 Å². The van der Waals surface area contributed by atoms with Crippen LogP contribution in [-0.2, 0) is 4.79 Å². The van der Waals surface area contributed by atoms with Crippen LogP contribution in [0.1, 0.15) is 0 Å². The molecule has 11 heavy (non-hydrogen) atoms. The molecule has 0 aliphatic heterocycles. The summed E-state index contributed by atoms with van der Waals surface area (Å²) in [5.41, 5.74) is 0. The minimum Gasteiger partial charge on any atom is -0.394 e. The zero-order valence-electron chi connectivity index (χ0n) is 5.51. The van der Waals surface area contributed by atoms with Crippen LogP contribution >= 0.6 is 0 Å². The molecule has 66 valence electrons. The van der Waals surface area contributed by atoms with Gasteiger partial charge in [0.05, 0.1) is 6.61 Å². The molecule has 0 bridgehead atoms. The third-order valence-electron chi connectivity index (χ3n) is 1.13. The molecule has 0 amide bonds. The summed E-state index contributed by atoms with van der Waals surface area (Å²) < 4.78 is 12.3. The van der Waals surface area contributed by atoms with Gasteiger partial charge in [-0.3, -0.25) is 4.79 Å². The van der Waals surface area contributed by atoms with Crippen molar-refractivity contribution in [2.75, 3.05) is 6.61 Å². The fourth-order valence-corrected chi connectivity index (χ4v) is 0.439. The standard InChI is InChI=1S/C5H9FO5/c6-5(11,2-8)4(10)3(9)1-7/h2-4,7,9-11H,1H2/t3-,4-,5-/m1/s1. The predicted molar refractivity (Wildman–Crippen MR) is 31.2 cm³/mol. The van der Waals surface area contributed by atoms with Crippen molar-refractivity contribution in [2.24, 2.45) is 0 Å². The van der Waals surface area contributed by atoms with Crippen molar-refractivity contribution < 1.29 is 29.6 Å². The second-order valence-electron chi connectivity index (χ2n) is 2.04. The van der Waals surface area contributed by atoms with E-state index in [0.29, 0.717) is 0 Å². The second-order valence-corrected chi connectivity index (χ2v) is 2.04. The van der Waals surface area contributed by atoms with Gasteiger partial charge < -0.3 is 20.4 Å². The number of aliphatic hydroxyl groups excluding tert-OH is 3. The normalized spacial score (nSPS) is 21.9. The van der Waals surface area contributed by atoms with Crippen LogP contribution < -0.4 is 0 Å². The molecule has 3 atom stereocenters. The Kier molecular flexibility index (Phi) is 3.53. The van der Waals surface area contributed by atoms with Gasteiger partial charge in [0.2, 0.25) is 0 Å². The highest BCUT2D eigenvalue weighted by molar-refractivity contribution is 5.60. The summed E-state index contributed by atoms with van der Waals surface area (Å²) in [5, 5.41) is 33.6. The van der Waals surface area contributed by atoms with Crippen molar-refractivity contribution in [1.29, 1.82) is 0 Å². The largest absolute Gasteiger partial charge is 0.394 e. The van der Waals surface area contributed by atoms with Gasteiger partial charge in [0.15, 0.2) is 6.29 Å². The highest BCUT2D eigenvalue weighted by Crippen LogP contribution is 2.12. The average Bonchev–Trinajstić information content (AvgIpc) is 2.01. The van der Waals surface area contributed by atoms with Crippen molar-refractivity contribution in [3.8, 4) is 0 Å². The van der Waals surface area contributed by atoms with Crippen molar-refractivity contribution >= 4 is 6.29 Å². The first-order valence-corrected chi connectivity index (χ1v) is 2.80. The van der Waals surface area contributed by atoms with Crippen LogP contribution in [-0.4, -0.2) is 51.4 Å². The summed E-state index contributed by atoms with van der Waals surface area (Å²) in [6, 6.07) is 0. The molecule has 0 aromatic heterocycles. The van der Waals surface area contributed by atoms with Gasteiger partial charge in [-0.1, -0.05) is 0 Å². The van der Waals surface area contributed by atoms with E-state index in [9.17, 15) is 9.18 Å². The first-order valence-electron chi connectivity index (χ1n) is 2.80. The smallest absolute Gasteiger partial charge is 0.291 e. The monoisotopic (exact) mass is 168 g/mol. The number of carbonyl (C=O) groups is 1. The third-order valence-corrected chi connectivity index (χ3v) is 1.13. The molecule has 0 aromatic carbocycles. The maximum absolute atomic E-state index is 12.3. The van der Waals surface area contributed by atoms with Gasteiger partial charge in [0.1, 0.15) is 12.2 Å². The van der Waals surface area contributed by atoms with Crippen LogP contribution in [0.25, 0.3) is 0 Å². The zero-order chi connectivity index (χ0) is 9.07. The fraction of sp³-hybridized carbons (Fsp3) is 0.800. The number of alkyl halides is 1. The molecule has 0 aromatic rings. The molecule has 0 saturated heterocycles. The highest BCUT2D eigenvalue weighted by atomic mass is 19.2. The molecule has 0 radical (unpaired) electrons.